The number of phosphoric acid groups is 1. The van der Waals surface area contributed by atoms with Gasteiger partial charge in [0.15, 0.2) is 0 Å². The summed E-state index contributed by atoms with van der Waals surface area (Å²) >= 11 is 0. The number of para-hydroxylation sites is 2. The Balaban J connectivity index is 1.18. The third-order valence-corrected chi connectivity index (χ3v) is 10.4. The van der Waals surface area contributed by atoms with Crippen molar-refractivity contribution in [1.29, 1.82) is 0 Å². The van der Waals surface area contributed by atoms with Crippen LogP contribution in [0.2, 0.25) is 0 Å². The van der Waals surface area contributed by atoms with Crippen LogP contribution in [0.4, 0.5) is 0 Å². The van der Waals surface area contributed by atoms with Crippen molar-refractivity contribution in [2.45, 2.75) is 77.2 Å². The minimum Gasteiger partial charge on any atom is -0.395 e. The van der Waals surface area contributed by atoms with E-state index in [0.29, 0.717) is 23.3 Å². The molecule has 202 valence electrons. The summed E-state index contributed by atoms with van der Waals surface area (Å²) in [4.78, 5) is 0. The average molecular weight is 533 g/mol. The fourth-order valence-corrected chi connectivity index (χ4v) is 8.07. The lowest BCUT2D eigenvalue weighted by Gasteiger charge is -2.46. The molecule has 0 saturated heterocycles. The highest BCUT2D eigenvalue weighted by atomic mass is 31.2. The number of benzene rings is 3. The van der Waals surface area contributed by atoms with E-state index in [1.807, 2.05) is 36.4 Å². The number of rotatable bonds is 9. The monoisotopic (exact) mass is 532 g/mol. The van der Waals surface area contributed by atoms with E-state index in [1.54, 1.807) is 24.3 Å². The molecular weight excluding hydrogens is 491 g/mol. The second-order valence-electron chi connectivity index (χ2n) is 11.6. The molecule has 0 atom stereocenters. The van der Waals surface area contributed by atoms with Crippen LogP contribution in [-0.2, 0) is 9.09 Å². The number of phosphoric ester groups is 1. The third-order valence-electron chi connectivity index (χ3n) is 8.98. The van der Waals surface area contributed by atoms with Crippen molar-refractivity contribution in [3.8, 4) is 11.5 Å². The van der Waals surface area contributed by atoms with Crippen LogP contribution >= 0.6 is 7.82 Å². The Morgan fingerprint density at radius 1 is 0.605 bits per heavy atom. The highest BCUT2D eigenvalue weighted by molar-refractivity contribution is 7.49. The summed E-state index contributed by atoms with van der Waals surface area (Å²) in [5, 5.41) is 0. The molecule has 5 rings (SSSR count). The van der Waals surface area contributed by atoms with Crippen molar-refractivity contribution in [2.24, 2.45) is 17.3 Å². The molecule has 4 nitrogen and oxygen atoms in total. The summed E-state index contributed by atoms with van der Waals surface area (Å²) in [5.41, 5.74) is 1.79. The van der Waals surface area contributed by atoms with Gasteiger partial charge in [-0.05, 0) is 104 Å². The molecule has 3 aromatic rings. The van der Waals surface area contributed by atoms with Gasteiger partial charge in [0.05, 0.1) is 6.10 Å². The quantitative estimate of drug-likeness (QED) is 0.257. The largest absolute Gasteiger partial charge is 0.587 e. The lowest BCUT2D eigenvalue weighted by atomic mass is 9.59. The van der Waals surface area contributed by atoms with E-state index in [9.17, 15) is 4.57 Å². The van der Waals surface area contributed by atoms with Gasteiger partial charge in [0.1, 0.15) is 11.5 Å². The van der Waals surface area contributed by atoms with Crippen LogP contribution < -0.4 is 9.05 Å². The molecule has 2 fully saturated rings. The highest BCUT2D eigenvalue weighted by Crippen LogP contribution is 2.55. The molecular formula is C33H41O4P. The molecule has 0 bridgehead atoms. The topological polar surface area (TPSA) is 44.8 Å². The van der Waals surface area contributed by atoms with Crippen LogP contribution in [0, 0.1) is 17.3 Å². The van der Waals surface area contributed by atoms with E-state index in [0.717, 1.165) is 31.6 Å². The fourth-order valence-electron chi connectivity index (χ4n) is 6.61. The molecule has 0 amide bonds. The van der Waals surface area contributed by atoms with E-state index >= 15 is 0 Å². The molecule has 0 aliphatic heterocycles. The van der Waals surface area contributed by atoms with Gasteiger partial charge in [-0.15, -0.1) is 0 Å². The zero-order valence-electron chi connectivity index (χ0n) is 22.7. The molecule has 2 saturated carbocycles. The summed E-state index contributed by atoms with van der Waals surface area (Å²) in [6.07, 6.45) is 8.92. The maximum Gasteiger partial charge on any atom is 0.587 e. The van der Waals surface area contributed by atoms with Crippen LogP contribution in [0.5, 0.6) is 11.5 Å². The molecule has 0 aromatic heterocycles. The van der Waals surface area contributed by atoms with Gasteiger partial charge < -0.3 is 9.05 Å². The van der Waals surface area contributed by atoms with Crippen molar-refractivity contribution in [3.63, 3.8) is 0 Å². The van der Waals surface area contributed by atoms with Crippen molar-refractivity contribution in [1.82, 2.24) is 0 Å². The molecule has 5 heteroatoms. The van der Waals surface area contributed by atoms with Crippen molar-refractivity contribution in [3.05, 3.63) is 96.6 Å². The first kappa shape index (κ1) is 27.0. The molecule has 3 aromatic carbocycles. The summed E-state index contributed by atoms with van der Waals surface area (Å²) < 4.78 is 31.7. The van der Waals surface area contributed by atoms with Gasteiger partial charge in [0.25, 0.3) is 0 Å². The van der Waals surface area contributed by atoms with Gasteiger partial charge in [0.2, 0.25) is 0 Å². The fraction of sp³-hybridized carbons (Fsp3) is 0.455. The second kappa shape index (κ2) is 12.1. The SMILES string of the molecule is CC(C)(C1CCC(OP(=O)(Oc2ccccc2)Oc2ccccc2)CC1)C1CCC(c2ccccc2)CC1. The summed E-state index contributed by atoms with van der Waals surface area (Å²) in [5.74, 6) is 3.06. The maximum absolute atomic E-state index is 13.8. The van der Waals surface area contributed by atoms with E-state index in [4.69, 9.17) is 13.6 Å². The molecule has 0 spiro atoms. The number of hydrogen-bond donors (Lipinski definition) is 0. The Labute approximate surface area is 228 Å². The van der Waals surface area contributed by atoms with Crippen molar-refractivity contribution in [2.75, 3.05) is 0 Å². The number of hydrogen-bond acceptors (Lipinski definition) is 4. The summed E-state index contributed by atoms with van der Waals surface area (Å²) in [7, 11) is -3.85. The van der Waals surface area contributed by atoms with Crippen molar-refractivity contribution >= 4 is 7.82 Å². The Hall–Kier alpha value is -2.55. The average Bonchev–Trinajstić information content (AvgIpc) is 2.95. The minimum atomic E-state index is -3.85. The predicted molar refractivity (Wildman–Crippen MR) is 153 cm³/mol. The molecule has 2 aliphatic rings. The van der Waals surface area contributed by atoms with E-state index in [-0.39, 0.29) is 11.5 Å². The predicted octanol–water partition coefficient (Wildman–Crippen LogP) is 9.83. The molecule has 38 heavy (non-hydrogen) atoms. The van der Waals surface area contributed by atoms with Crippen molar-refractivity contribution < 1.29 is 18.1 Å². The van der Waals surface area contributed by atoms with Gasteiger partial charge in [-0.2, -0.15) is 0 Å². The normalized spacial score (nSPS) is 24.5. The van der Waals surface area contributed by atoms with Crippen LogP contribution in [0.1, 0.15) is 76.7 Å². The minimum absolute atomic E-state index is 0.144. The molecule has 0 unspecified atom stereocenters. The van der Waals surface area contributed by atoms with Gasteiger partial charge >= 0.3 is 7.82 Å². The summed E-state index contributed by atoms with van der Waals surface area (Å²) in [6.45, 7) is 4.96. The highest BCUT2D eigenvalue weighted by Gasteiger charge is 2.43. The van der Waals surface area contributed by atoms with E-state index in [1.165, 1.54) is 31.2 Å². The Kier molecular flexibility index (Phi) is 8.61. The van der Waals surface area contributed by atoms with Gasteiger partial charge in [0, 0.05) is 0 Å². The first-order chi connectivity index (χ1) is 18.4. The van der Waals surface area contributed by atoms with E-state index < -0.39 is 7.82 Å². The Morgan fingerprint density at radius 3 is 1.50 bits per heavy atom. The standard InChI is InChI=1S/C33H41O4P/c1-33(2,28-20-18-27(19-21-28)26-12-6-3-7-13-26)29-22-24-32(25-23-29)37-38(34,35-30-14-8-4-9-15-30)36-31-16-10-5-11-17-31/h3-17,27-29,32H,18-25H2,1-2H3. The first-order valence-corrected chi connectivity index (χ1v) is 15.7. The smallest absolute Gasteiger partial charge is 0.395 e. The molecule has 0 N–H and O–H groups in total. The van der Waals surface area contributed by atoms with Crippen LogP contribution in [0.15, 0.2) is 91.0 Å². The van der Waals surface area contributed by atoms with Crippen LogP contribution in [-0.4, -0.2) is 6.10 Å². The zero-order chi connectivity index (χ0) is 26.4. The Bertz CT molecular complexity index is 1120. The first-order valence-electron chi connectivity index (χ1n) is 14.2. The summed E-state index contributed by atoms with van der Waals surface area (Å²) in [6, 6.07) is 29.3. The van der Waals surface area contributed by atoms with Crippen LogP contribution in [0.3, 0.4) is 0 Å². The lowest BCUT2D eigenvalue weighted by molar-refractivity contribution is 0.0203. The molecule has 0 heterocycles. The second-order valence-corrected chi connectivity index (χ2v) is 13.1. The van der Waals surface area contributed by atoms with Gasteiger partial charge in [-0.3, -0.25) is 4.52 Å². The van der Waals surface area contributed by atoms with Crippen LogP contribution in [0.25, 0.3) is 0 Å². The van der Waals surface area contributed by atoms with Gasteiger partial charge in [-0.1, -0.05) is 80.6 Å². The Morgan fingerprint density at radius 2 is 1.03 bits per heavy atom. The molecule has 0 radical (unpaired) electrons. The maximum atomic E-state index is 13.8. The van der Waals surface area contributed by atoms with Gasteiger partial charge in [-0.25, -0.2) is 4.57 Å². The molecule has 2 aliphatic carbocycles. The van der Waals surface area contributed by atoms with E-state index in [2.05, 4.69) is 44.2 Å². The lowest BCUT2D eigenvalue weighted by Crippen LogP contribution is -2.38. The third kappa shape index (κ3) is 6.71. The zero-order valence-corrected chi connectivity index (χ0v) is 23.6.